The van der Waals surface area contributed by atoms with Gasteiger partial charge in [0.2, 0.25) is 5.71 Å². The Bertz CT molecular complexity index is 2250. The number of hydrogen-bond donors (Lipinski definition) is 0. The maximum Gasteiger partial charge on any atom is 0.213 e. The fourth-order valence-electron chi connectivity index (χ4n) is 6.14. The molecule has 0 N–H and O–H groups in total. The molecule has 9 aromatic rings. The van der Waals surface area contributed by atoms with E-state index in [1.165, 1.54) is 69.2 Å². The Kier molecular flexibility index (Phi) is 2.67. The van der Waals surface area contributed by atoms with E-state index in [2.05, 4.69) is 94.9 Å². The van der Waals surface area contributed by atoms with E-state index in [1.54, 1.807) is 0 Å². The number of rotatable bonds is 0. The van der Waals surface area contributed by atoms with Gasteiger partial charge in [0.15, 0.2) is 0 Å². The average molecular weight is 441 g/mol. The normalized spacial score (nSPS) is 13.0. The second kappa shape index (κ2) is 5.30. The van der Waals surface area contributed by atoms with E-state index in [0.29, 0.717) is 0 Å². The van der Waals surface area contributed by atoms with Gasteiger partial charge >= 0.3 is 0 Å². The number of furan rings is 1. The fourth-order valence-corrected chi connectivity index (χ4v) is 7.36. The minimum absolute atomic E-state index is 0.929. The third-order valence-corrected chi connectivity index (χ3v) is 8.67. The van der Waals surface area contributed by atoms with Crippen LogP contribution in [0.5, 0.6) is 0 Å². The summed E-state index contributed by atoms with van der Waals surface area (Å²) in [6.45, 7) is 0. The molecule has 4 heteroatoms. The molecule has 0 unspecified atom stereocenters. The molecule has 0 bridgehead atoms. The van der Waals surface area contributed by atoms with Crippen molar-refractivity contribution in [3.63, 3.8) is 0 Å². The van der Waals surface area contributed by atoms with E-state index >= 15 is 0 Å². The monoisotopic (exact) mass is 440 g/mol. The van der Waals surface area contributed by atoms with Gasteiger partial charge in [0, 0.05) is 44.2 Å². The predicted molar refractivity (Wildman–Crippen MR) is 140 cm³/mol. The van der Waals surface area contributed by atoms with Crippen LogP contribution in [0.1, 0.15) is 0 Å². The number of thiophene rings is 1. The number of aromatic nitrogens is 2. The maximum absolute atomic E-state index is 6.70. The summed E-state index contributed by atoms with van der Waals surface area (Å²) in [6.07, 6.45) is 0. The van der Waals surface area contributed by atoms with Crippen LogP contribution in [-0.4, -0.2) is 8.97 Å². The second-order valence-electron chi connectivity index (χ2n) is 9.00. The Hall–Kier alpha value is -4.02. The molecule has 3 nitrogen and oxygen atoms in total. The topological polar surface area (TPSA) is 22.5 Å². The fraction of sp³-hybridized carbons (Fsp3) is 0.0345. The summed E-state index contributed by atoms with van der Waals surface area (Å²) >= 11 is 1.88. The van der Waals surface area contributed by atoms with Gasteiger partial charge in [-0.3, -0.25) is 4.40 Å². The molecule has 5 aromatic heterocycles. The first kappa shape index (κ1) is 16.6. The molecule has 0 aliphatic carbocycles. The summed E-state index contributed by atoms with van der Waals surface area (Å²) in [5.74, 6) is 0. The van der Waals surface area contributed by atoms with Gasteiger partial charge in [-0.25, -0.2) is 0 Å². The van der Waals surface area contributed by atoms with E-state index in [4.69, 9.17) is 4.42 Å². The molecule has 0 spiro atoms. The zero-order valence-electron chi connectivity index (χ0n) is 17.7. The summed E-state index contributed by atoms with van der Waals surface area (Å²) in [5.41, 5.74) is 6.89. The van der Waals surface area contributed by atoms with Gasteiger partial charge in [-0.15, -0.1) is 11.3 Å². The Morgan fingerprint density at radius 1 is 0.636 bits per heavy atom. The van der Waals surface area contributed by atoms with E-state index in [9.17, 15) is 0 Å². The molecule has 9 rings (SSSR count). The highest BCUT2D eigenvalue weighted by molar-refractivity contribution is 7.26. The molecule has 154 valence electrons. The van der Waals surface area contributed by atoms with Crippen molar-refractivity contribution in [1.82, 2.24) is 8.97 Å². The first-order valence-electron chi connectivity index (χ1n) is 11.2. The van der Waals surface area contributed by atoms with Crippen LogP contribution >= 0.6 is 11.3 Å². The number of fused-ring (bicyclic) bond motifs is 10. The van der Waals surface area contributed by atoms with Crippen LogP contribution in [0.2, 0.25) is 0 Å². The van der Waals surface area contributed by atoms with Crippen molar-refractivity contribution in [2.45, 2.75) is 0 Å². The number of para-hydroxylation sites is 1. The van der Waals surface area contributed by atoms with Gasteiger partial charge in [0.1, 0.15) is 5.58 Å². The first-order valence-corrected chi connectivity index (χ1v) is 12.0. The molecular formula is C29H16N2OS. The number of aryl methyl sites for hydroxylation is 1. The SMILES string of the molecule is Cn1c2cccc3c2c2c1ccc1c4sc5ccccc5c4n(c4oc5ccccc5c34)c12. The molecule has 0 radical (unpaired) electrons. The summed E-state index contributed by atoms with van der Waals surface area (Å²) < 4.78 is 14.1. The van der Waals surface area contributed by atoms with Crippen molar-refractivity contribution in [2.24, 2.45) is 7.05 Å². The van der Waals surface area contributed by atoms with Crippen molar-refractivity contribution < 1.29 is 4.42 Å². The molecule has 33 heavy (non-hydrogen) atoms. The minimum Gasteiger partial charge on any atom is -0.439 e. The van der Waals surface area contributed by atoms with Crippen LogP contribution in [0.4, 0.5) is 0 Å². The van der Waals surface area contributed by atoms with Gasteiger partial charge in [-0.2, -0.15) is 0 Å². The molecule has 5 heterocycles. The van der Waals surface area contributed by atoms with Crippen molar-refractivity contribution in [2.75, 3.05) is 0 Å². The molecule has 0 saturated heterocycles. The van der Waals surface area contributed by atoms with E-state index in [0.717, 1.165) is 11.3 Å². The van der Waals surface area contributed by atoms with Crippen molar-refractivity contribution in [3.05, 3.63) is 78.9 Å². The lowest BCUT2D eigenvalue weighted by atomic mass is 10.0. The van der Waals surface area contributed by atoms with Gasteiger partial charge in [0.25, 0.3) is 0 Å². The molecular weight excluding hydrogens is 424 g/mol. The lowest BCUT2D eigenvalue weighted by Crippen LogP contribution is -1.88. The zero-order valence-corrected chi connectivity index (χ0v) is 18.5. The van der Waals surface area contributed by atoms with E-state index in [-0.39, 0.29) is 0 Å². The first-order chi connectivity index (χ1) is 16.3. The van der Waals surface area contributed by atoms with Crippen LogP contribution in [-0.2, 0) is 7.05 Å². The second-order valence-corrected chi connectivity index (χ2v) is 10.1. The Balaban J connectivity index is 1.81. The van der Waals surface area contributed by atoms with Crippen LogP contribution < -0.4 is 0 Å². The molecule has 0 amide bonds. The summed E-state index contributed by atoms with van der Waals surface area (Å²) in [5, 5.41) is 8.83. The van der Waals surface area contributed by atoms with Gasteiger partial charge in [0.05, 0.1) is 26.6 Å². The molecule has 0 aliphatic rings. The summed E-state index contributed by atoms with van der Waals surface area (Å²) in [4.78, 5) is 0. The molecule has 0 fully saturated rings. The number of hydrogen-bond acceptors (Lipinski definition) is 2. The summed E-state index contributed by atoms with van der Waals surface area (Å²) in [6, 6.07) is 28.5. The maximum atomic E-state index is 6.70. The molecule has 0 aliphatic heterocycles. The van der Waals surface area contributed by atoms with Crippen molar-refractivity contribution in [3.8, 4) is 0 Å². The Morgan fingerprint density at radius 3 is 2.36 bits per heavy atom. The minimum atomic E-state index is 0.929. The van der Waals surface area contributed by atoms with Crippen molar-refractivity contribution in [1.29, 1.82) is 0 Å². The standard InChI is InChI=1S/C29H16N2OS/c1-30-19-10-6-9-17-23-15-7-2-4-11-21(15)32-29(23)31-26-18(13-14-20(30)25(26)24(17)19)28-27(31)16-8-3-5-12-22(16)33-28/h2-14H,1H3. The Labute approximate surface area is 191 Å². The summed E-state index contributed by atoms with van der Waals surface area (Å²) in [7, 11) is 2.18. The number of nitrogens with zero attached hydrogens (tertiary/aromatic N) is 2. The zero-order chi connectivity index (χ0) is 21.4. The lowest BCUT2D eigenvalue weighted by Gasteiger charge is -2.01. The van der Waals surface area contributed by atoms with E-state index < -0.39 is 0 Å². The third kappa shape index (κ3) is 1.71. The highest BCUT2D eigenvalue weighted by Crippen LogP contribution is 2.48. The van der Waals surface area contributed by atoms with Gasteiger partial charge in [-0.1, -0.05) is 48.5 Å². The smallest absolute Gasteiger partial charge is 0.213 e. The van der Waals surface area contributed by atoms with Gasteiger partial charge < -0.3 is 8.98 Å². The van der Waals surface area contributed by atoms with Crippen LogP contribution in [0.25, 0.3) is 80.5 Å². The highest BCUT2D eigenvalue weighted by atomic mass is 32.1. The number of benzene rings is 4. The quantitative estimate of drug-likeness (QED) is 0.232. The van der Waals surface area contributed by atoms with Crippen LogP contribution in [0.15, 0.2) is 83.3 Å². The van der Waals surface area contributed by atoms with Gasteiger partial charge in [-0.05, 0) is 35.7 Å². The van der Waals surface area contributed by atoms with Crippen LogP contribution in [0.3, 0.4) is 0 Å². The molecule has 0 saturated carbocycles. The molecule has 4 aromatic carbocycles. The third-order valence-electron chi connectivity index (χ3n) is 7.48. The van der Waals surface area contributed by atoms with Crippen LogP contribution in [0, 0.1) is 0 Å². The average Bonchev–Trinajstić information content (AvgIpc) is 3.55. The predicted octanol–water partition coefficient (Wildman–Crippen LogP) is 8.44. The Morgan fingerprint density at radius 2 is 1.42 bits per heavy atom. The molecule has 0 atom stereocenters. The van der Waals surface area contributed by atoms with E-state index in [1.807, 2.05) is 11.3 Å². The largest absolute Gasteiger partial charge is 0.439 e. The lowest BCUT2D eigenvalue weighted by molar-refractivity contribution is 0.651. The van der Waals surface area contributed by atoms with Crippen molar-refractivity contribution >= 4 is 91.8 Å². The highest BCUT2D eigenvalue weighted by Gasteiger charge is 2.25.